The molecule has 0 spiro atoms. The number of likely N-dealkylation sites (tertiary alicyclic amines) is 1. The molecule has 0 radical (unpaired) electrons. The summed E-state index contributed by atoms with van der Waals surface area (Å²) in [6.07, 6.45) is 2.40. The van der Waals surface area contributed by atoms with E-state index in [0.717, 1.165) is 64.1 Å². The standard InChI is InChI=1S/C20H31N3O2/c1-17-15-21(10-6-12-22-11-5-9-20(22)25)13-14-23(17)16-19(24)18-7-3-2-4-8-18/h2-4,7-8,17,19,24H,5-6,9-16H2,1H3/t17-,19+/m1/s1. The van der Waals surface area contributed by atoms with Crippen molar-refractivity contribution in [2.45, 2.75) is 38.3 Å². The van der Waals surface area contributed by atoms with Crippen molar-refractivity contribution in [3.63, 3.8) is 0 Å². The molecular weight excluding hydrogens is 314 g/mol. The maximum Gasteiger partial charge on any atom is 0.222 e. The number of aliphatic hydroxyl groups is 1. The summed E-state index contributed by atoms with van der Waals surface area (Å²) < 4.78 is 0. The summed E-state index contributed by atoms with van der Waals surface area (Å²) in [6.45, 7) is 8.92. The fourth-order valence-corrected chi connectivity index (χ4v) is 3.97. The predicted molar refractivity (Wildman–Crippen MR) is 99.3 cm³/mol. The highest BCUT2D eigenvalue weighted by Gasteiger charge is 2.26. The molecule has 138 valence electrons. The lowest BCUT2D eigenvalue weighted by Gasteiger charge is -2.40. The Kier molecular flexibility index (Phi) is 6.45. The van der Waals surface area contributed by atoms with Gasteiger partial charge in [0.05, 0.1) is 6.10 Å². The molecule has 2 aliphatic rings. The number of benzene rings is 1. The third kappa shape index (κ3) is 5.03. The van der Waals surface area contributed by atoms with Crippen LogP contribution in [0.4, 0.5) is 0 Å². The van der Waals surface area contributed by atoms with E-state index in [4.69, 9.17) is 0 Å². The van der Waals surface area contributed by atoms with Gasteiger partial charge in [-0.3, -0.25) is 9.69 Å². The highest BCUT2D eigenvalue weighted by Crippen LogP contribution is 2.18. The molecule has 0 unspecified atom stereocenters. The van der Waals surface area contributed by atoms with Gasteiger partial charge in [-0.1, -0.05) is 30.3 Å². The second kappa shape index (κ2) is 8.79. The minimum absolute atomic E-state index is 0.327. The Balaban J connectivity index is 1.39. The second-order valence-electron chi connectivity index (χ2n) is 7.41. The molecule has 1 aromatic rings. The van der Waals surface area contributed by atoms with Crippen molar-refractivity contribution in [1.29, 1.82) is 0 Å². The van der Waals surface area contributed by atoms with E-state index in [1.807, 2.05) is 35.2 Å². The van der Waals surface area contributed by atoms with Gasteiger partial charge in [0.15, 0.2) is 0 Å². The van der Waals surface area contributed by atoms with Crippen LogP contribution in [0.2, 0.25) is 0 Å². The predicted octanol–water partition coefficient (Wildman–Crippen LogP) is 1.74. The lowest BCUT2D eigenvalue weighted by molar-refractivity contribution is -0.127. The van der Waals surface area contributed by atoms with Crippen molar-refractivity contribution in [3.05, 3.63) is 35.9 Å². The van der Waals surface area contributed by atoms with Gasteiger partial charge in [-0.15, -0.1) is 0 Å². The Bertz CT molecular complexity index is 551. The number of hydrogen-bond donors (Lipinski definition) is 1. The van der Waals surface area contributed by atoms with Crippen LogP contribution in [0.15, 0.2) is 30.3 Å². The van der Waals surface area contributed by atoms with Crippen LogP contribution >= 0.6 is 0 Å². The van der Waals surface area contributed by atoms with Crippen LogP contribution in [-0.4, -0.2) is 77.6 Å². The number of aliphatic hydroxyl groups excluding tert-OH is 1. The smallest absolute Gasteiger partial charge is 0.222 e. The van der Waals surface area contributed by atoms with Gasteiger partial charge < -0.3 is 14.9 Å². The highest BCUT2D eigenvalue weighted by atomic mass is 16.3. The van der Waals surface area contributed by atoms with Crippen molar-refractivity contribution in [2.24, 2.45) is 0 Å². The Morgan fingerprint density at radius 2 is 1.96 bits per heavy atom. The summed E-state index contributed by atoms with van der Waals surface area (Å²) in [5.74, 6) is 0.327. The molecule has 1 amide bonds. The van der Waals surface area contributed by atoms with Crippen molar-refractivity contribution in [3.8, 4) is 0 Å². The summed E-state index contributed by atoms with van der Waals surface area (Å²) in [6, 6.07) is 10.4. The molecule has 2 fully saturated rings. The highest BCUT2D eigenvalue weighted by molar-refractivity contribution is 5.77. The minimum atomic E-state index is -0.420. The Morgan fingerprint density at radius 3 is 2.64 bits per heavy atom. The largest absolute Gasteiger partial charge is 0.387 e. The van der Waals surface area contributed by atoms with E-state index in [0.29, 0.717) is 18.5 Å². The van der Waals surface area contributed by atoms with Gasteiger partial charge >= 0.3 is 0 Å². The number of β-amino-alcohol motifs (C(OH)–C–C–N with tert-alkyl or cyclic N) is 1. The van der Waals surface area contributed by atoms with Gasteiger partial charge in [0, 0.05) is 51.7 Å². The number of carbonyl (C=O) groups is 1. The van der Waals surface area contributed by atoms with Crippen LogP contribution in [0.5, 0.6) is 0 Å². The Hall–Kier alpha value is -1.43. The van der Waals surface area contributed by atoms with E-state index in [9.17, 15) is 9.90 Å². The quantitative estimate of drug-likeness (QED) is 0.818. The van der Waals surface area contributed by atoms with Crippen LogP contribution < -0.4 is 0 Å². The first-order chi connectivity index (χ1) is 12.1. The first-order valence-corrected chi connectivity index (χ1v) is 9.60. The van der Waals surface area contributed by atoms with E-state index in [1.54, 1.807) is 0 Å². The molecule has 5 nitrogen and oxygen atoms in total. The van der Waals surface area contributed by atoms with Crippen molar-refractivity contribution in [2.75, 3.05) is 45.8 Å². The van der Waals surface area contributed by atoms with Crippen LogP contribution in [-0.2, 0) is 4.79 Å². The first kappa shape index (κ1) is 18.4. The molecular formula is C20H31N3O2. The molecule has 5 heteroatoms. The molecule has 1 aromatic carbocycles. The zero-order chi connectivity index (χ0) is 17.6. The van der Waals surface area contributed by atoms with Crippen LogP contribution in [0.3, 0.4) is 0 Å². The average Bonchev–Trinajstić information content (AvgIpc) is 3.03. The third-order valence-electron chi connectivity index (χ3n) is 5.51. The number of rotatable bonds is 7. The molecule has 2 atom stereocenters. The molecule has 0 aliphatic carbocycles. The lowest BCUT2D eigenvalue weighted by Crippen LogP contribution is -2.53. The Labute approximate surface area is 151 Å². The van der Waals surface area contributed by atoms with E-state index in [1.165, 1.54) is 0 Å². The monoisotopic (exact) mass is 345 g/mol. The molecule has 0 saturated carbocycles. The molecule has 1 N–H and O–H groups in total. The summed E-state index contributed by atoms with van der Waals surface area (Å²) in [5, 5.41) is 10.5. The van der Waals surface area contributed by atoms with Gasteiger partial charge in [-0.2, -0.15) is 0 Å². The van der Waals surface area contributed by atoms with Gasteiger partial charge in [0.25, 0.3) is 0 Å². The van der Waals surface area contributed by atoms with Gasteiger partial charge in [-0.05, 0) is 31.9 Å². The minimum Gasteiger partial charge on any atom is -0.387 e. The van der Waals surface area contributed by atoms with Gasteiger partial charge in [0.1, 0.15) is 0 Å². The summed E-state index contributed by atoms with van der Waals surface area (Å²) in [5.41, 5.74) is 0.993. The maximum absolute atomic E-state index is 11.7. The summed E-state index contributed by atoms with van der Waals surface area (Å²) in [7, 11) is 0. The SMILES string of the molecule is C[C@@H]1CN(CCCN2CCCC2=O)CCN1C[C@H](O)c1ccccc1. The Morgan fingerprint density at radius 1 is 1.16 bits per heavy atom. The molecule has 3 rings (SSSR count). The maximum atomic E-state index is 11.7. The zero-order valence-electron chi connectivity index (χ0n) is 15.3. The molecule has 0 aromatic heterocycles. The van der Waals surface area contributed by atoms with Crippen molar-refractivity contribution in [1.82, 2.24) is 14.7 Å². The molecule has 2 saturated heterocycles. The first-order valence-electron chi connectivity index (χ1n) is 9.60. The summed E-state index contributed by atoms with van der Waals surface area (Å²) in [4.78, 5) is 18.5. The fraction of sp³-hybridized carbons (Fsp3) is 0.650. The molecule has 2 aliphatic heterocycles. The molecule has 25 heavy (non-hydrogen) atoms. The number of hydrogen-bond acceptors (Lipinski definition) is 4. The number of piperazine rings is 1. The van der Waals surface area contributed by atoms with E-state index in [-0.39, 0.29) is 0 Å². The van der Waals surface area contributed by atoms with Crippen LogP contribution in [0.25, 0.3) is 0 Å². The normalized spacial score (nSPS) is 24.0. The fourth-order valence-electron chi connectivity index (χ4n) is 3.97. The van der Waals surface area contributed by atoms with Crippen molar-refractivity contribution >= 4 is 5.91 Å². The van der Waals surface area contributed by atoms with E-state index in [2.05, 4.69) is 16.7 Å². The molecule has 0 bridgehead atoms. The zero-order valence-corrected chi connectivity index (χ0v) is 15.3. The third-order valence-corrected chi connectivity index (χ3v) is 5.51. The number of carbonyl (C=O) groups excluding carboxylic acids is 1. The number of amides is 1. The van der Waals surface area contributed by atoms with Crippen LogP contribution in [0, 0.1) is 0 Å². The van der Waals surface area contributed by atoms with Gasteiger partial charge in [-0.25, -0.2) is 0 Å². The van der Waals surface area contributed by atoms with E-state index >= 15 is 0 Å². The summed E-state index contributed by atoms with van der Waals surface area (Å²) >= 11 is 0. The number of nitrogens with zero attached hydrogens (tertiary/aromatic N) is 3. The lowest BCUT2D eigenvalue weighted by atomic mass is 10.1. The van der Waals surface area contributed by atoms with E-state index < -0.39 is 6.10 Å². The van der Waals surface area contributed by atoms with Crippen LogP contribution in [0.1, 0.15) is 37.9 Å². The average molecular weight is 345 g/mol. The molecule has 2 heterocycles. The van der Waals surface area contributed by atoms with Gasteiger partial charge in [0.2, 0.25) is 5.91 Å². The van der Waals surface area contributed by atoms with Crippen molar-refractivity contribution < 1.29 is 9.90 Å². The topological polar surface area (TPSA) is 47.0 Å². The second-order valence-corrected chi connectivity index (χ2v) is 7.41.